The Hall–Kier alpha value is -4.54. The Bertz CT molecular complexity index is 1230. The molecule has 2 aliphatic heterocycles. The molecule has 0 amide bonds. The van der Waals surface area contributed by atoms with Gasteiger partial charge in [0.05, 0.1) is 11.3 Å². The topological polar surface area (TPSA) is 152 Å². The molecule has 2 N–H and O–H groups in total. The number of nitro groups is 1. The number of aryl methyl sites for hydroxylation is 1. The SMILES string of the molecule is Cc1cc(C2=NN=C(C(=O)O)Cc3cc4c(cc32)OCO4)ccc1[N+](=O)[O-].c1c[nH]cn1. The number of aromatic nitrogens is 2. The molecule has 5 rings (SSSR count). The van der Waals surface area contributed by atoms with Crippen LogP contribution < -0.4 is 9.47 Å². The fourth-order valence-corrected chi connectivity index (χ4v) is 3.29. The summed E-state index contributed by atoms with van der Waals surface area (Å²) in [5, 5.41) is 28.4. The van der Waals surface area contributed by atoms with Crippen molar-refractivity contribution in [1.82, 2.24) is 9.97 Å². The first-order chi connectivity index (χ1) is 15.4. The molecule has 2 aliphatic rings. The Balaban J connectivity index is 0.000000433. The van der Waals surface area contributed by atoms with Crippen LogP contribution in [0, 0.1) is 17.0 Å². The molecule has 3 heterocycles. The summed E-state index contributed by atoms with van der Waals surface area (Å²) in [4.78, 5) is 28.5. The molecule has 1 aromatic heterocycles. The van der Waals surface area contributed by atoms with Gasteiger partial charge in [-0.15, -0.1) is 10.2 Å². The third-order valence-corrected chi connectivity index (χ3v) is 4.80. The van der Waals surface area contributed by atoms with Crippen molar-refractivity contribution in [2.75, 3.05) is 6.79 Å². The molecule has 0 bridgehead atoms. The van der Waals surface area contributed by atoms with Crippen molar-refractivity contribution in [3.63, 3.8) is 0 Å². The molecule has 0 fully saturated rings. The van der Waals surface area contributed by atoms with Crippen LogP contribution in [0.25, 0.3) is 0 Å². The van der Waals surface area contributed by atoms with Crippen LogP contribution in [-0.2, 0) is 11.2 Å². The zero-order valence-electron chi connectivity index (χ0n) is 16.8. The first kappa shape index (κ1) is 20.7. The fourth-order valence-electron chi connectivity index (χ4n) is 3.29. The van der Waals surface area contributed by atoms with Gasteiger partial charge in [0.15, 0.2) is 17.2 Å². The lowest BCUT2D eigenvalue weighted by Gasteiger charge is -2.11. The lowest BCUT2D eigenvalue weighted by Crippen LogP contribution is -2.15. The first-order valence-electron chi connectivity index (χ1n) is 9.43. The minimum atomic E-state index is -1.16. The highest BCUT2D eigenvalue weighted by molar-refractivity contribution is 6.36. The van der Waals surface area contributed by atoms with Gasteiger partial charge in [0.2, 0.25) is 6.79 Å². The van der Waals surface area contributed by atoms with Crippen molar-refractivity contribution < 1.29 is 24.3 Å². The summed E-state index contributed by atoms with van der Waals surface area (Å²) < 4.78 is 10.8. The molecule has 162 valence electrons. The largest absolute Gasteiger partial charge is 0.477 e. The average molecular weight is 435 g/mol. The molecule has 0 aliphatic carbocycles. The molecule has 2 aromatic carbocycles. The Labute approximate surface area is 181 Å². The number of nitrogens with one attached hydrogen (secondary N) is 1. The summed E-state index contributed by atoms with van der Waals surface area (Å²) in [6.07, 6.45) is 5.15. The number of aliphatic carboxylic acids is 1. The number of hydrogen-bond donors (Lipinski definition) is 2. The Morgan fingerprint density at radius 3 is 2.56 bits per heavy atom. The van der Waals surface area contributed by atoms with Gasteiger partial charge in [-0.25, -0.2) is 9.78 Å². The van der Waals surface area contributed by atoms with Crippen LogP contribution in [0.1, 0.15) is 22.3 Å². The number of aromatic amines is 1. The van der Waals surface area contributed by atoms with E-state index in [4.69, 9.17) is 9.47 Å². The van der Waals surface area contributed by atoms with Crippen LogP contribution in [0.5, 0.6) is 11.5 Å². The van der Waals surface area contributed by atoms with E-state index in [2.05, 4.69) is 20.2 Å². The number of rotatable bonds is 3. The van der Waals surface area contributed by atoms with Crippen molar-refractivity contribution in [2.24, 2.45) is 10.2 Å². The quantitative estimate of drug-likeness (QED) is 0.474. The number of carboxylic acids is 1. The highest BCUT2D eigenvalue weighted by Crippen LogP contribution is 2.37. The number of hydrogen-bond acceptors (Lipinski definition) is 8. The predicted octanol–water partition coefficient (Wildman–Crippen LogP) is 2.88. The van der Waals surface area contributed by atoms with E-state index >= 15 is 0 Å². The summed E-state index contributed by atoms with van der Waals surface area (Å²) >= 11 is 0. The van der Waals surface area contributed by atoms with Crippen LogP contribution in [-0.4, -0.2) is 44.2 Å². The molecule has 0 spiro atoms. The van der Waals surface area contributed by atoms with Gasteiger partial charge < -0.3 is 19.6 Å². The van der Waals surface area contributed by atoms with Crippen LogP contribution in [0.2, 0.25) is 0 Å². The van der Waals surface area contributed by atoms with E-state index in [1.54, 1.807) is 49.9 Å². The van der Waals surface area contributed by atoms with E-state index in [1.165, 1.54) is 6.07 Å². The standard InChI is InChI=1S/C18H13N3O6.C3H4N2/c1-9-4-10(2-3-14(9)21(24)25)17-12-7-16-15(26-8-27-16)6-11(12)5-13(18(22)23)19-20-17;1-2-5-3-4-1/h2-4,6-7H,5,8H2,1H3,(H,22,23);1-3H,(H,4,5). The van der Waals surface area contributed by atoms with Gasteiger partial charge in [-0.1, -0.05) is 0 Å². The molecule has 3 aromatic rings. The van der Waals surface area contributed by atoms with Gasteiger partial charge in [0.1, 0.15) is 5.71 Å². The van der Waals surface area contributed by atoms with E-state index < -0.39 is 10.9 Å². The second-order valence-electron chi connectivity index (χ2n) is 6.86. The maximum atomic E-state index is 11.4. The molecular formula is C21H17N5O6. The predicted molar refractivity (Wildman–Crippen MR) is 113 cm³/mol. The maximum Gasteiger partial charge on any atom is 0.352 e. The normalized spacial score (nSPS) is 13.7. The van der Waals surface area contributed by atoms with Crippen molar-refractivity contribution in [2.45, 2.75) is 13.3 Å². The molecule has 0 unspecified atom stereocenters. The van der Waals surface area contributed by atoms with Crippen molar-refractivity contribution in [3.8, 4) is 11.5 Å². The number of ether oxygens (including phenoxy) is 2. The van der Waals surface area contributed by atoms with Gasteiger partial charge in [0.25, 0.3) is 5.69 Å². The Kier molecular flexibility index (Phi) is 5.62. The minimum absolute atomic E-state index is 0.00592. The third kappa shape index (κ3) is 4.17. The molecule has 0 atom stereocenters. The number of nitro benzene ring substituents is 1. The van der Waals surface area contributed by atoms with E-state index in [0.29, 0.717) is 39.5 Å². The van der Waals surface area contributed by atoms with Gasteiger partial charge in [-0.2, -0.15) is 0 Å². The summed E-state index contributed by atoms with van der Waals surface area (Å²) in [5.74, 6) is -0.109. The van der Waals surface area contributed by atoms with Crippen molar-refractivity contribution >= 4 is 23.1 Å². The number of fused-ring (bicyclic) bond motifs is 2. The van der Waals surface area contributed by atoms with E-state index in [9.17, 15) is 20.0 Å². The molecular weight excluding hydrogens is 418 g/mol. The van der Waals surface area contributed by atoms with E-state index in [-0.39, 0.29) is 24.6 Å². The third-order valence-electron chi connectivity index (χ3n) is 4.80. The highest BCUT2D eigenvalue weighted by atomic mass is 16.7. The number of nitrogens with zero attached hydrogens (tertiary/aromatic N) is 4. The van der Waals surface area contributed by atoms with Gasteiger partial charge >= 0.3 is 5.97 Å². The summed E-state index contributed by atoms with van der Waals surface area (Å²) in [6, 6.07) is 8.04. The molecule has 11 heteroatoms. The van der Waals surface area contributed by atoms with Crippen LogP contribution >= 0.6 is 0 Å². The zero-order chi connectivity index (χ0) is 22.7. The van der Waals surface area contributed by atoms with E-state index in [0.717, 1.165) is 0 Å². The maximum absolute atomic E-state index is 11.4. The number of imidazole rings is 1. The average Bonchev–Trinajstić information content (AvgIpc) is 3.44. The summed E-state index contributed by atoms with van der Waals surface area (Å²) in [5.41, 5.74) is 2.68. The molecule has 11 nitrogen and oxygen atoms in total. The highest BCUT2D eigenvalue weighted by Gasteiger charge is 2.26. The fraction of sp³-hybridized carbons (Fsp3) is 0.143. The second kappa shape index (κ2) is 8.68. The minimum Gasteiger partial charge on any atom is -0.477 e. The van der Waals surface area contributed by atoms with Crippen LogP contribution in [0.4, 0.5) is 5.69 Å². The van der Waals surface area contributed by atoms with Crippen LogP contribution in [0.15, 0.2) is 59.3 Å². The summed E-state index contributed by atoms with van der Waals surface area (Å²) in [7, 11) is 0. The number of H-pyrrole nitrogens is 1. The van der Waals surface area contributed by atoms with E-state index in [1.807, 2.05) is 0 Å². The first-order valence-corrected chi connectivity index (χ1v) is 9.43. The monoisotopic (exact) mass is 435 g/mol. The summed E-state index contributed by atoms with van der Waals surface area (Å²) in [6.45, 7) is 1.71. The zero-order valence-corrected chi connectivity index (χ0v) is 16.8. The molecule has 32 heavy (non-hydrogen) atoms. The smallest absolute Gasteiger partial charge is 0.352 e. The molecule has 0 radical (unpaired) electrons. The van der Waals surface area contributed by atoms with Gasteiger partial charge in [-0.05, 0) is 36.8 Å². The lowest BCUT2D eigenvalue weighted by atomic mass is 9.93. The van der Waals surface area contributed by atoms with Crippen LogP contribution in [0.3, 0.4) is 0 Å². The second-order valence-corrected chi connectivity index (χ2v) is 6.86. The molecule has 0 saturated heterocycles. The molecule has 0 saturated carbocycles. The number of carboxylic acid groups (broad SMARTS) is 1. The Morgan fingerprint density at radius 2 is 1.97 bits per heavy atom. The Morgan fingerprint density at radius 1 is 1.19 bits per heavy atom. The number of benzene rings is 2. The number of carbonyl (C=O) groups is 1. The lowest BCUT2D eigenvalue weighted by molar-refractivity contribution is -0.385. The van der Waals surface area contributed by atoms with Gasteiger partial charge in [0, 0.05) is 41.6 Å². The van der Waals surface area contributed by atoms with Gasteiger partial charge in [-0.3, -0.25) is 10.1 Å². The van der Waals surface area contributed by atoms with Crippen molar-refractivity contribution in [1.29, 1.82) is 0 Å². The van der Waals surface area contributed by atoms with Crippen molar-refractivity contribution in [3.05, 3.63) is 81.4 Å².